The SMILES string of the molecule is COc1ccc([C@H]2CC[C@H](CN(C(=O)C3CCCCC3)c3cc(-c4cnn(C(C)C)c4)ccn3)CC2)nc1C#N. The van der Waals surface area contributed by atoms with Gasteiger partial charge in [0.2, 0.25) is 5.91 Å². The maximum absolute atomic E-state index is 13.9. The summed E-state index contributed by atoms with van der Waals surface area (Å²) in [6.45, 7) is 4.91. The molecule has 2 aliphatic carbocycles. The molecule has 0 aliphatic heterocycles. The van der Waals surface area contributed by atoms with Gasteiger partial charge in [0.25, 0.3) is 0 Å². The van der Waals surface area contributed by atoms with Crippen molar-refractivity contribution in [3.63, 3.8) is 0 Å². The van der Waals surface area contributed by atoms with E-state index in [1.54, 1.807) is 7.11 Å². The second kappa shape index (κ2) is 12.6. The van der Waals surface area contributed by atoms with E-state index in [9.17, 15) is 10.1 Å². The van der Waals surface area contributed by atoms with Crippen LogP contribution in [0.15, 0.2) is 42.9 Å². The van der Waals surface area contributed by atoms with Gasteiger partial charge in [0.15, 0.2) is 11.4 Å². The summed E-state index contributed by atoms with van der Waals surface area (Å²) in [5.74, 6) is 2.26. The molecule has 0 unspecified atom stereocenters. The van der Waals surface area contributed by atoms with Crippen molar-refractivity contribution in [2.45, 2.75) is 83.6 Å². The van der Waals surface area contributed by atoms with Gasteiger partial charge < -0.3 is 4.74 Å². The molecule has 0 spiro atoms. The first-order valence-corrected chi connectivity index (χ1v) is 14.7. The van der Waals surface area contributed by atoms with Crippen LogP contribution in [0.5, 0.6) is 5.75 Å². The smallest absolute Gasteiger partial charge is 0.231 e. The average Bonchev–Trinajstić information content (AvgIpc) is 3.51. The Bertz CT molecular complexity index is 1350. The lowest BCUT2D eigenvalue weighted by Crippen LogP contribution is -2.41. The molecule has 8 heteroatoms. The Balaban J connectivity index is 1.33. The number of nitrogens with zero attached hydrogens (tertiary/aromatic N) is 6. The zero-order valence-corrected chi connectivity index (χ0v) is 23.9. The van der Waals surface area contributed by atoms with Crippen LogP contribution in [0.2, 0.25) is 0 Å². The van der Waals surface area contributed by atoms with E-state index >= 15 is 0 Å². The number of amides is 1. The fourth-order valence-corrected chi connectivity index (χ4v) is 6.21. The van der Waals surface area contributed by atoms with Crippen LogP contribution in [0, 0.1) is 23.2 Å². The molecular weight excluding hydrogens is 500 g/mol. The summed E-state index contributed by atoms with van der Waals surface area (Å²) in [7, 11) is 1.56. The highest BCUT2D eigenvalue weighted by Crippen LogP contribution is 2.38. The molecule has 0 aromatic carbocycles. The summed E-state index contributed by atoms with van der Waals surface area (Å²) in [6, 6.07) is 10.3. The Kier molecular flexibility index (Phi) is 8.78. The van der Waals surface area contributed by atoms with E-state index in [0.29, 0.717) is 29.8 Å². The maximum atomic E-state index is 13.9. The van der Waals surface area contributed by atoms with Crippen molar-refractivity contribution in [1.29, 1.82) is 5.26 Å². The third-order valence-corrected chi connectivity index (χ3v) is 8.62. The minimum atomic E-state index is 0.0761. The Hall–Kier alpha value is -3.73. The maximum Gasteiger partial charge on any atom is 0.231 e. The average molecular weight is 541 g/mol. The number of methoxy groups -OCH3 is 1. The van der Waals surface area contributed by atoms with Crippen LogP contribution < -0.4 is 9.64 Å². The molecule has 5 rings (SSSR count). The van der Waals surface area contributed by atoms with Crippen molar-refractivity contribution in [3.05, 3.63) is 54.2 Å². The van der Waals surface area contributed by atoms with E-state index in [2.05, 4.69) is 42.3 Å². The highest BCUT2D eigenvalue weighted by molar-refractivity contribution is 5.94. The van der Waals surface area contributed by atoms with Crippen LogP contribution in [-0.4, -0.2) is 39.3 Å². The van der Waals surface area contributed by atoms with Crippen LogP contribution in [0.4, 0.5) is 5.82 Å². The number of carbonyl (C=O) groups is 1. The molecule has 210 valence electrons. The number of hydrogen-bond acceptors (Lipinski definition) is 6. The van der Waals surface area contributed by atoms with Crippen LogP contribution in [0.1, 0.15) is 95.0 Å². The number of pyridine rings is 2. The number of ether oxygens (including phenoxy) is 1. The van der Waals surface area contributed by atoms with Crippen molar-refractivity contribution in [1.82, 2.24) is 19.7 Å². The molecule has 0 bridgehead atoms. The van der Waals surface area contributed by atoms with Gasteiger partial charge in [-0.3, -0.25) is 14.4 Å². The quantitative estimate of drug-likeness (QED) is 0.316. The number of hydrogen-bond donors (Lipinski definition) is 0. The lowest BCUT2D eigenvalue weighted by Gasteiger charge is -2.34. The Morgan fingerprint density at radius 1 is 1.10 bits per heavy atom. The van der Waals surface area contributed by atoms with E-state index in [1.165, 1.54) is 6.42 Å². The monoisotopic (exact) mass is 540 g/mol. The normalized spacial score (nSPS) is 19.8. The Morgan fingerprint density at radius 2 is 1.88 bits per heavy atom. The molecule has 8 nitrogen and oxygen atoms in total. The molecule has 0 atom stereocenters. The lowest BCUT2D eigenvalue weighted by molar-refractivity contribution is -0.123. The molecule has 3 aromatic heterocycles. The fraction of sp³-hybridized carbons (Fsp3) is 0.531. The first-order valence-electron chi connectivity index (χ1n) is 14.7. The molecule has 3 heterocycles. The largest absolute Gasteiger partial charge is 0.494 e. The standard InChI is InChI=1S/C32H40N6O2/c1-22(2)38-21-27(19-35-38)26-15-16-34-31(17-26)37(32(39)25-7-5-4-6-8-25)20-23-9-11-24(12-10-23)28-13-14-30(40-3)29(18-33)36-28/h13-17,19,21-25H,4-12,20H2,1-3H3/t23-,24-. The van der Waals surface area contributed by atoms with E-state index in [1.807, 2.05) is 40.2 Å². The number of rotatable bonds is 8. The summed E-state index contributed by atoms with van der Waals surface area (Å²) in [5, 5.41) is 14.0. The molecule has 2 fully saturated rings. The van der Waals surface area contributed by atoms with Crippen LogP contribution >= 0.6 is 0 Å². The summed E-state index contributed by atoms with van der Waals surface area (Å²) in [4.78, 5) is 25.2. The third-order valence-electron chi connectivity index (χ3n) is 8.62. The van der Waals surface area contributed by atoms with Crippen LogP contribution in [0.25, 0.3) is 11.1 Å². The number of carbonyl (C=O) groups excluding carboxylic acids is 1. The molecule has 40 heavy (non-hydrogen) atoms. The molecule has 3 aromatic rings. The van der Waals surface area contributed by atoms with Crippen molar-refractivity contribution in [3.8, 4) is 22.9 Å². The molecular formula is C32H40N6O2. The van der Waals surface area contributed by atoms with Gasteiger partial charge in [-0.15, -0.1) is 0 Å². The Labute approximate surface area is 237 Å². The topological polar surface area (TPSA) is 96.9 Å². The molecule has 0 radical (unpaired) electrons. The van der Waals surface area contributed by atoms with Gasteiger partial charge in [-0.05, 0) is 88.1 Å². The van der Waals surface area contributed by atoms with Crippen LogP contribution in [0.3, 0.4) is 0 Å². The summed E-state index contributed by atoms with van der Waals surface area (Å²) < 4.78 is 7.22. The number of nitriles is 1. The minimum absolute atomic E-state index is 0.0761. The predicted octanol–water partition coefficient (Wildman–Crippen LogP) is 6.69. The van der Waals surface area contributed by atoms with Gasteiger partial charge in [-0.25, -0.2) is 9.97 Å². The van der Waals surface area contributed by atoms with Gasteiger partial charge in [-0.2, -0.15) is 10.4 Å². The zero-order chi connectivity index (χ0) is 28.1. The van der Waals surface area contributed by atoms with Gasteiger partial charge in [0, 0.05) is 48.1 Å². The van der Waals surface area contributed by atoms with Gasteiger partial charge in [0.1, 0.15) is 11.9 Å². The molecule has 1 amide bonds. The number of anilines is 1. The number of aromatic nitrogens is 4. The minimum Gasteiger partial charge on any atom is -0.494 e. The van der Waals surface area contributed by atoms with E-state index in [-0.39, 0.29) is 17.9 Å². The van der Waals surface area contributed by atoms with Crippen molar-refractivity contribution >= 4 is 11.7 Å². The van der Waals surface area contributed by atoms with E-state index < -0.39 is 0 Å². The lowest BCUT2D eigenvalue weighted by atomic mass is 9.79. The van der Waals surface area contributed by atoms with Crippen molar-refractivity contribution in [2.24, 2.45) is 11.8 Å². The summed E-state index contributed by atoms with van der Waals surface area (Å²) in [5.41, 5.74) is 3.37. The highest BCUT2D eigenvalue weighted by atomic mass is 16.5. The van der Waals surface area contributed by atoms with E-state index in [0.717, 1.165) is 74.0 Å². The van der Waals surface area contributed by atoms with Crippen molar-refractivity contribution < 1.29 is 9.53 Å². The molecule has 2 aliphatic rings. The van der Waals surface area contributed by atoms with Gasteiger partial charge >= 0.3 is 0 Å². The first kappa shape index (κ1) is 27.8. The highest BCUT2D eigenvalue weighted by Gasteiger charge is 2.32. The van der Waals surface area contributed by atoms with Crippen LogP contribution in [-0.2, 0) is 4.79 Å². The zero-order valence-electron chi connectivity index (χ0n) is 23.9. The first-order chi connectivity index (χ1) is 19.5. The predicted molar refractivity (Wildman–Crippen MR) is 155 cm³/mol. The molecule has 0 saturated heterocycles. The molecule has 0 N–H and O–H groups in total. The summed E-state index contributed by atoms with van der Waals surface area (Å²) in [6.07, 6.45) is 15.2. The van der Waals surface area contributed by atoms with E-state index in [4.69, 9.17) is 9.72 Å². The Morgan fingerprint density at radius 3 is 2.55 bits per heavy atom. The second-order valence-electron chi connectivity index (χ2n) is 11.6. The molecule has 2 saturated carbocycles. The van der Waals surface area contributed by atoms with Gasteiger partial charge in [-0.1, -0.05) is 19.3 Å². The second-order valence-corrected chi connectivity index (χ2v) is 11.6. The summed E-state index contributed by atoms with van der Waals surface area (Å²) >= 11 is 0. The fourth-order valence-electron chi connectivity index (χ4n) is 6.21. The van der Waals surface area contributed by atoms with Gasteiger partial charge in [0.05, 0.1) is 13.3 Å². The third kappa shape index (κ3) is 6.19. The van der Waals surface area contributed by atoms with Crippen molar-refractivity contribution in [2.75, 3.05) is 18.6 Å².